The third kappa shape index (κ3) is 2.88. The summed E-state index contributed by atoms with van der Waals surface area (Å²) in [5, 5.41) is 9.42. The minimum atomic E-state index is -0.384. The zero-order chi connectivity index (χ0) is 13.0. The maximum atomic E-state index is 12.8. The van der Waals surface area contributed by atoms with Crippen LogP contribution in [-0.4, -0.2) is 23.5 Å². The third-order valence-corrected chi connectivity index (χ3v) is 3.86. The lowest BCUT2D eigenvalue weighted by Crippen LogP contribution is -2.43. The van der Waals surface area contributed by atoms with Crippen LogP contribution in [0.1, 0.15) is 31.7 Å². The van der Waals surface area contributed by atoms with Gasteiger partial charge in [0.05, 0.1) is 6.07 Å². The van der Waals surface area contributed by atoms with Gasteiger partial charge in [0.2, 0.25) is 0 Å². The van der Waals surface area contributed by atoms with Crippen LogP contribution in [0.3, 0.4) is 0 Å². The average molecular weight is 246 g/mol. The van der Waals surface area contributed by atoms with Crippen LogP contribution in [-0.2, 0) is 6.42 Å². The van der Waals surface area contributed by atoms with Gasteiger partial charge in [-0.2, -0.15) is 5.26 Å². The molecule has 18 heavy (non-hydrogen) atoms. The van der Waals surface area contributed by atoms with E-state index in [4.69, 9.17) is 0 Å². The van der Waals surface area contributed by atoms with Crippen molar-refractivity contribution in [3.63, 3.8) is 0 Å². The molecule has 1 aromatic rings. The molecule has 1 aromatic carbocycles. The Labute approximate surface area is 108 Å². The number of rotatable bonds is 4. The normalized spacial score (nSPS) is 19.4. The van der Waals surface area contributed by atoms with Crippen molar-refractivity contribution in [3.8, 4) is 6.07 Å². The monoisotopic (exact) mass is 246 g/mol. The molecular formula is C15H19FN2. The van der Waals surface area contributed by atoms with E-state index in [0.717, 1.165) is 31.5 Å². The van der Waals surface area contributed by atoms with Gasteiger partial charge in [-0.15, -0.1) is 0 Å². The second-order valence-electron chi connectivity index (χ2n) is 5.21. The summed E-state index contributed by atoms with van der Waals surface area (Å²) in [7, 11) is 0. The second kappa shape index (κ2) is 5.49. The van der Waals surface area contributed by atoms with E-state index in [9.17, 15) is 9.65 Å². The van der Waals surface area contributed by atoms with Crippen LogP contribution in [0.15, 0.2) is 24.3 Å². The Bertz CT molecular complexity index is 429. The van der Waals surface area contributed by atoms with Crippen molar-refractivity contribution in [3.05, 3.63) is 35.6 Å². The Hall–Kier alpha value is -1.40. The lowest BCUT2D eigenvalue weighted by molar-refractivity contribution is 0.181. The number of likely N-dealkylation sites (tertiary alicyclic amines) is 1. The van der Waals surface area contributed by atoms with Crippen molar-refractivity contribution >= 4 is 0 Å². The Morgan fingerprint density at radius 2 is 1.89 bits per heavy atom. The fourth-order valence-electron chi connectivity index (χ4n) is 2.53. The maximum absolute atomic E-state index is 12.8. The highest BCUT2D eigenvalue weighted by atomic mass is 19.1. The molecule has 1 atom stereocenters. The van der Waals surface area contributed by atoms with Gasteiger partial charge in [-0.3, -0.25) is 4.90 Å². The molecule has 96 valence electrons. The third-order valence-electron chi connectivity index (χ3n) is 3.86. The van der Waals surface area contributed by atoms with Crippen molar-refractivity contribution in [2.45, 2.75) is 38.1 Å². The molecule has 1 unspecified atom stereocenters. The second-order valence-corrected chi connectivity index (χ2v) is 5.21. The maximum Gasteiger partial charge on any atom is 0.123 e. The van der Waals surface area contributed by atoms with Crippen LogP contribution in [0.25, 0.3) is 0 Å². The number of nitriles is 1. The molecule has 2 nitrogen and oxygen atoms in total. The number of hydrogen-bond acceptors (Lipinski definition) is 2. The number of benzene rings is 1. The predicted octanol–water partition coefficient (Wildman–Crippen LogP) is 3.14. The number of aryl methyl sites for hydroxylation is 1. The number of hydrogen-bond donors (Lipinski definition) is 0. The first-order valence-corrected chi connectivity index (χ1v) is 6.55. The van der Waals surface area contributed by atoms with Gasteiger partial charge in [0.15, 0.2) is 0 Å². The molecule has 0 aliphatic carbocycles. The topological polar surface area (TPSA) is 27.0 Å². The van der Waals surface area contributed by atoms with Gasteiger partial charge in [-0.05, 0) is 63.4 Å². The molecule has 0 saturated carbocycles. The molecule has 1 fully saturated rings. The fraction of sp³-hybridized carbons (Fsp3) is 0.533. The highest BCUT2D eigenvalue weighted by Crippen LogP contribution is 2.25. The minimum Gasteiger partial charge on any atom is -0.286 e. The van der Waals surface area contributed by atoms with Gasteiger partial charge in [-0.25, -0.2) is 4.39 Å². The molecule has 1 aliphatic heterocycles. The van der Waals surface area contributed by atoms with E-state index < -0.39 is 0 Å². The van der Waals surface area contributed by atoms with E-state index in [2.05, 4.69) is 11.0 Å². The molecule has 0 amide bonds. The summed E-state index contributed by atoms with van der Waals surface area (Å²) < 4.78 is 12.8. The Morgan fingerprint density at radius 3 is 2.44 bits per heavy atom. The van der Waals surface area contributed by atoms with Crippen LogP contribution in [0, 0.1) is 17.1 Å². The Kier molecular flexibility index (Phi) is 3.98. The first-order valence-electron chi connectivity index (χ1n) is 6.55. The average Bonchev–Trinajstić information content (AvgIpc) is 2.92. The number of nitrogens with zero attached hydrogens (tertiary/aromatic N) is 2. The molecule has 0 bridgehead atoms. The van der Waals surface area contributed by atoms with Gasteiger partial charge in [0, 0.05) is 0 Å². The highest BCUT2D eigenvalue weighted by Gasteiger charge is 2.33. The summed E-state index contributed by atoms with van der Waals surface area (Å²) in [6.45, 7) is 4.06. The van der Waals surface area contributed by atoms with Crippen molar-refractivity contribution in [2.75, 3.05) is 13.1 Å². The molecule has 2 rings (SSSR count). The molecular weight excluding hydrogens is 227 g/mol. The van der Waals surface area contributed by atoms with Gasteiger partial charge in [0.1, 0.15) is 11.4 Å². The van der Waals surface area contributed by atoms with Crippen LogP contribution >= 0.6 is 0 Å². The summed E-state index contributed by atoms with van der Waals surface area (Å²) in [5.74, 6) is -0.207. The van der Waals surface area contributed by atoms with Crippen molar-refractivity contribution < 1.29 is 4.39 Å². The van der Waals surface area contributed by atoms with E-state index in [-0.39, 0.29) is 11.4 Å². The van der Waals surface area contributed by atoms with E-state index in [0.29, 0.717) is 0 Å². The molecule has 1 heterocycles. The van der Waals surface area contributed by atoms with E-state index >= 15 is 0 Å². The number of halogens is 1. The van der Waals surface area contributed by atoms with Gasteiger partial charge >= 0.3 is 0 Å². The lowest BCUT2D eigenvalue weighted by Gasteiger charge is -2.32. The molecule has 0 radical (unpaired) electrons. The lowest BCUT2D eigenvalue weighted by atomic mass is 9.93. The Morgan fingerprint density at radius 1 is 1.28 bits per heavy atom. The highest BCUT2D eigenvalue weighted by molar-refractivity contribution is 5.18. The SMILES string of the molecule is CC(C#N)(CCc1ccc(F)cc1)N1CCCC1. The van der Waals surface area contributed by atoms with Crippen LogP contribution < -0.4 is 0 Å². The van der Waals surface area contributed by atoms with Crippen molar-refractivity contribution in [2.24, 2.45) is 0 Å². The largest absolute Gasteiger partial charge is 0.286 e. The molecule has 0 aromatic heterocycles. The minimum absolute atomic E-state index is 0.207. The van der Waals surface area contributed by atoms with Crippen LogP contribution in [0.2, 0.25) is 0 Å². The summed E-state index contributed by atoms with van der Waals surface area (Å²) in [4.78, 5) is 2.27. The molecule has 1 saturated heterocycles. The molecule has 0 N–H and O–H groups in total. The van der Waals surface area contributed by atoms with Gasteiger partial charge in [-0.1, -0.05) is 12.1 Å². The van der Waals surface area contributed by atoms with Crippen LogP contribution in [0.4, 0.5) is 4.39 Å². The summed E-state index contributed by atoms with van der Waals surface area (Å²) >= 11 is 0. The molecule has 1 aliphatic rings. The van der Waals surface area contributed by atoms with E-state index in [1.165, 1.54) is 25.0 Å². The fourth-order valence-corrected chi connectivity index (χ4v) is 2.53. The first kappa shape index (κ1) is 13.0. The molecule has 3 heteroatoms. The summed E-state index contributed by atoms with van der Waals surface area (Å²) in [6, 6.07) is 9.02. The molecule has 0 spiro atoms. The van der Waals surface area contributed by atoms with Crippen LogP contribution in [0.5, 0.6) is 0 Å². The summed E-state index contributed by atoms with van der Waals surface area (Å²) in [6.07, 6.45) is 4.00. The van der Waals surface area contributed by atoms with Gasteiger partial charge < -0.3 is 0 Å². The zero-order valence-electron chi connectivity index (χ0n) is 10.8. The summed E-state index contributed by atoms with van der Waals surface area (Å²) in [5.41, 5.74) is 0.710. The standard InChI is InChI=1S/C15H19FN2/c1-15(12-17,18-10-2-3-11-18)9-8-13-4-6-14(16)7-5-13/h4-7H,2-3,8-11H2,1H3. The Balaban J connectivity index is 1.98. The quantitative estimate of drug-likeness (QED) is 0.816. The smallest absolute Gasteiger partial charge is 0.123 e. The first-order chi connectivity index (χ1) is 8.64. The van der Waals surface area contributed by atoms with E-state index in [1.807, 2.05) is 6.92 Å². The van der Waals surface area contributed by atoms with Gasteiger partial charge in [0.25, 0.3) is 0 Å². The van der Waals surface area contributed by atoms with Crippen molar-refractivity contribution in [1.82, 2.24) is 4.90 Å². The predicted molar refractivity (Wildman–Crippen MR) is 69.5 cm³/mol. The van der Waals surface area contributed by atoms with Crippen molar-refractivity contribution in [1.29, 1.82) is 5.26 Å². The van der Waals surface area contributed by atoms with E-state index in [1.54, 1.807) is 12.1 Å². The zero-order valence-corrected chi connectivity index (χ0v) is 10.8.